The first-order valence-electron chi connectivity index (χ1n) is 11.1. The van der Waals surface area contributed by atoms with Crippen molar-refractivity contribution in [3.8, 4) is 0 Å². The predicted octanol–water partition coefficient (Wildman–Crippen LogP) is 9.31. The number of hydrogen-bond donors (Lipinski definition) is 0. The van der Waals surface area contributed by atoms with E-state index in [2.05, 4.69) is 109 Å². The lowest BCUT2D eigenvalue weighted by molar-refractivity contribution is 0.755. The summed E-state index contributed by atoms with van der Waals surface area (Å²) >= 11 is 3.03. The molecule has 33 heavy (non-hydrogen) atoms. The Labute approximate surface area is 202 Å². The van der Waals surface area contributed by atoms with Gasteiger partial charge in [0, 0.05) is 35.6 Å². The summed E-state index contributed by atoms with van der Waals surface area (Å²) in [6.45, 7) is 0. The van der Waals surface area contributed by atoms with E-state index in [0.717, 1.165) is 11.5 Å². The second kappa shape index (κ2) is 9.11. The van der Waals surface area contributed by atoms with Gasteiger partial charge in [0.25, 0.3) is 0 Å². The number of benzene rings is 6. The van der Waals surface area contributed by atoms with Crippen LogP contribution in [0.3, 0.4) is 0 Å². The lowest BCUT2D eigenvalue weighted by Gasteiger charge is -2.09. The first-order valence-corrected chi connectivity index (χ1v) is 12.9. The van der Waals surface area contributed by atoms with Gasteiger partial charge in [0.2, 0.25) is 0 Å². The Morgan fingerprint density at radius 3 is 1.27 bits per heavy atom. The molecule has 0 aromatic heterocycles. The van der Waals surface area contributed by atoms with Crippen molar-refractivity contribution in [3.05, 3.63) is 120 Å². The third-order valence-electron chi connectivity index (χ3n) is 6.20. The van der Waals surface area contributed by atoms with Crippen LogP contribution in [0.5, 0.6) is 0 Å². The van der Waals surface area contributed by atoms with Gasteiger partial charge < -0.3 is 0 Å². The van der Waals surface area contributed by atoms with Crippen molar-refractivity contribution >= 4 is 67.2 Å². The quantitative estimate of drug-likeness (QED) is 0.139. The highest BCUT2D eigenvalue weighted by Gasteiger charge is 2.06. The minimum absolute atomic E-state index is 0.822. The smallest absolute Gasteiger partial charge is 0.0467 e. The molecule has 0 saturated carbocycles. The van der Waals surface area contributed by atoms with Gasteiger partial charge in [-0.15, -0.1) is 0 Å². The van der Waals surface area contributed by atoms with E-state index in [-0.39, 0.29) is 0 Å². The van der Waals surface area contributed by atoms with Gasteiger partial charge in [-0.25, -0.2) is 3.63 Å². The molecule has 0 saturated heterocycles. The SMILES string of the molecule is c1ccc2cc3c(CSOSCc4cccc5cc6ccccc6cc45)cccc3cc2c1. The van der Waals surface area contributed by atoms with Crippen molar-refractivity contribution in [3.63, 3.8) is 0 Å². The van der Waals surface area contributed by atoms with E-state index in [4.69, 9.17) is 3.63 Å². The summed E-state index contributed by atoms with van der Waals surface area (Å²) < 4.78 is 5.95. The van der Waals surface area contributed by atoms with Crippen molar-refractivity contribution in [2.75, 3.05) is 0 Å². The Morgan fingerprint density at radius 2 is 0.818 bits per heavy atom. The lowest BCUT2D eigenvalue weighted by Crippen LogP contribution is -1.87. The van der Waals surface area contributed by atoms with Gasteiger partial charge in [0.05, 0.1) is 0 Å². The predicted molar refractivity (Wildman–Crippen MR) is 147 cm³/mol. The van der Waals surface area contributed by atoms with E-state index < -0.39 is 0 Å². The van der Waals surface area contributed by atoms with E-state index >= 15 is 0 Å². The molecule has 1 nitrogen and oxygen atoms in total. The maximum atomic E-state index is 5.95. The second-order valence-corrected chi connectivity index (χ2v) is 9.86. The minimum Gasteiger partial charge on any atom is -0.247 e. The Hall–Kier alpha value is -2.98. The van der Waals surface area contributed by atoms with Crippen LogP contribution in [0, 0.1) is 0 Å². The average Bonchev–Trinajstić information content (AvgIpc) is 2.86. The first-order chi connectivity index (χ1) is 16.3. The third-order valence-corrected chi connectivity index (χ3v) is 7.83. The zero-order valence-electron chi connectivity index (χ0n) is 18.0. The van der Waals surface area contributed by atoms with Crippen molar-refractivity contribution in [2.24, 2.45) is 0 Å². The summed E-state index contributed by atoms with van der Waals surface area (Å²) in [4.78, 5) is 0. The Morgan fingerprint density at radius 1 is 0.424 bits per heavy atom. The first kappa shape index (κ1) is 20.6. The fourth-order valence-corrected chi connectivity index (χ4v) is 5.94. The van der Waals surface area contributed by atoms with Crippen LogP contribution in [0.4, 0.5) is 0 Å². The highest BCUT2D eigenvalue weighted by molar-refractivity contribution is 8.07. The minimum atomic E-state index is 0.822. The third kappa shape index (κ3) is 4.20. The fourth-order valence-electron chi connectivity index (χ4n) is 4.52. The molecule has 160 valence electrons. The average molecular weight is 463 g/mol. The van der Waals surface area contributed by atoms with Crippen molar-refractivity contribution in [1.29, 1.82) is 0 Å². The van der Waals surface area contributed by atoms with Crippen LogP contribution in [-0.2, 0) is 15.1 Å². The molecular formula is C30H22OS2. The number of hydrogen-bond acceptors (Lipinski definition) is 3. The maximum absolute atomic E-state index is 5.95. The van der Waals surface area contributed by atoms with Crippen LogP contribution in [0.15, 0.2) is 109 Å². The van der Waals surface area contributed by atoms with Gasteiger partial charge in [-0.3, -0.25) is 0 Å². The summed E-state index contributed by atoms with van der Waals surface area (Å²) in [5.74, 6) is 1.64. The summed E-state index contributed by atoms with van der Waals surface area (Å²) in [6, 6.07) is 39.3. The van der Waals surface area contributed by atoms with Crippen LogP contribution in [0.25, 0.3) is 43.1 Å². The molecule has 0 bridgehead atoms. The fraction of sp³-hybridized carbons (Fsp3) is 0.0667. The van der Waals surface area contributed by atoms with E-state index in [1.165, 1.54) is 78.3 Å². The van der Waals surface area contributed by atoms with Gasteiger partial charge >= 0.3 is 0 Å². The highest BCUT2D eigenvalue weighted by Crippen LogP contribution is 2.32. The number of rotatable bonds is 6. The molecule has 0 atom stereocenters. The van der Waals surface area contributed by atoms with Gasteiger partial charge in [-0.05, 0) is 78.5 Å². The molecule has 0 radical (unpaired) electrons. The number of fused-ring (bicyclic) bond motifs is 4. The van der Waals surface area contributed by atoms with Gasteiger partial charge in [0.15, 0.2) is 0 Å². The Balaban J connectivity index is 1.15. The van der Waals surface area contributed by atoms with E-state index in [9.17, 15) is 0 Å². The van der Waals surface area contributed by atoms with Crippen molar-refractivity contribution < 1.29 is 3.63 Å². The molecule has 0 N–H and O–H groups in total. The highest BCUT2D eigenvalue weighted by atomic mass is 32.2. The molecule has 0 heterocycles. The Bertz CT molecular complexity index is 1490. The molecule has 0 unspecified atom stereocenters. The molecule has 0 spiro atoms. The van der Waals surface area contributed by atoms with Gasteiger partial charge in [-0.1, -0.05) is 84.9 Å². The summed E-state index contributed by atoms with van der Waals surface area (Å²) in [6.07, 6.45) is 0. The summed E-state index contributed by atoms with van der Waals surface area (Å²) in [5, 5.41) is 10.3. The zero-order chi connectivity index (χ0) is 22.0. The molecular weight excluding hydrogens is 440 g/mol. The van der Waals surface area contributed by atoms with Crippen LogP contribution in [0.1, 0.15) is 11.1 Å². The van der Waals surface area contributed by atoms with Crippen molar-refractivity contribution in [2.45, 2.75) is 11.5 Å². The zero-order valence-corrected chi connectivity index (χ0v) is 19.7. The largest absolute Gasteiger partial charge is 0.247 e. The molecule has 0 fully saturated rings. The molecule has 6 rings (SSSR count). The summed E-state index contributed by atoms with van der Waals surface area (Å²) in [5.41, 5.74) is 2.61. The molecule has 0 aliphatic rings. The van der Waals surface area contributed by atoms with Gasteiger partial charge in [0.1, 0.15) is 0 Å². The molecule has 6 aromatic rings. The van der Waals surface area contributed by atoms with Crippen molar-refractivity contribution in [1.82, 2.24) is 0 Å². The van der Waals surface area contributed by atoms with Gasteiger partial charge in [-0.2, -0.15) is 0 Å². The van der Waals surface area contributed by atoms with Crippen LogP contribution < -0.4 is 0 Å². The van der Waals surface area contributed by atoms with Crippen LogP contribution in [-0.4, -0.2) is 0 Å². The molecule has 0 amide bonds. The van der Waals surface area contributed by atoms with E-state index in [1.54, 1.807) is 0 Å². The van der Waals surface area contributed by atoms with E-state index in [0.29, 0.717) is 0 Å². The molecule has 0 aliphatic heterocycles. The monoisotopic (exact) mass is 462 g/mol. The van der Waals surface area contributed by atoms with Crippen LogP contribution in [0.2, 0.25) is 0 Å². The lowest BCUT2D eigenvalue weighted by atomic mass is 10.0. The summed E-state index contributed by atoms with van der Waals surface area (Å²) in [7, 11) is 0. The maximum Gasteiger partial charge on any atom is 0.0467 e. The van der Waals surface area contributed by atoms with Crippen LogP contribution >= 0.6 is 24.1 Å². The standard InChI is InChI=1S/C30H22OS2/c1-3-9-23-17-29-25(15-21(23)7-1)11-5-13-27(29)19-32-31-33-20-28-14-6-12-26-16-22-8-2-4-10-24(22)18-30(26)28/h1-18H,19-20H2. The molecule has 3 heteroatoms. The normalized spacial score (nSPS) is 11.6. The Kier molecular flexibility index (Phi) is 5.69. The molecule has 0 aliphatic carbocycles. The second-order valence-electron chi connectivity index (χ2n) is 8.27. The molecule has 6 aromatic carbocycles. The van der Waals surface area contributed by atoms with E-state index in [1.807, 2.05) is 0 Å². The topological polar surface area (TPSA) is 9.23 Å².